The lowest BCUT2D eigenvalue weighted by atomic mass is 9.82. The van der Waals surface area contributed by atoms with Gasteiger partial charge in [-0.05, 0) is 23.5 Å². The summed E-state index contributed by atoms with van der Waals surface area (Å²) in [6.07, 6.45) is 0. The zero-order valence-electron chi connectivity index (χ0n) is 11.7. The fraction of sp³-hybridized carbons (Fsp3) is 0.500. The van der Waals surface area contributed by atoms with Gasteiger partial charge in [0.2, 0.25) is 0 Å². The van der Waals surface area contributed by atoms with Gasteiger partial charge in [-0.15, -0.1) is 0 Å². The Morgan fingerprint density at radius 3 is 2.53 bits per heavy atom. The molecule has 106 valence electrons. The number of nitrogens with two attached hydrogens (primary N) is 1. The highest BCUT2D eigenvalue weighted by Crippen LogP contribution is 2.28. The van der Waals surface area contributed by atoms with Crippen LogP contribution in [0.5, 0.6) is 0 Å². The van der Waals surface area contributed by atoms with Gasteiger partial charge in [-0.2, -0.15) is 0 Å². The Kier molecular flexibility index (Phi) is 4.39. The fourth-order valence-corrected chi connectivity index (χ4v) is 1.48. The summed E-state index contributed by atoms with van der Waals surface area (Å²) in [5.74, 6) is -1.75. The summed E-state index contributed by atoms with van der Waals surface area (Å²) in [7, 11) is 0. The molecule has 0 aliphatic carbocycles. The molecule has 0 radical (unpaired) electrons. The van der Waals surface area contributed by atoms with Gasteiger partial charge >= 0.3 is 5.97 Å². The van der Waals surface area contributed by atoms with Crippen LogP contribution in [0.4, 0.5) is 15.8 Å². The molecular formula is C14H21FN2O2. The van der Waals surface area contributed by atoms with E-state index in [1.807, 2.05) is 0 Å². The number of carboxylic acid groups (broad SMARTS) is 1. The quantitative estimate of drug-likeness (QED) is 0.733. The summed E-state index contributed by atoms with van der Waals surface area (Å²) in [6.45, 7) is 9.09. The smallest absolute Gasteiger partial charge is 0.338 e. The SMILES string of the molecule is CC(CNc1cc(F)c(C(=O)O)cc1N)C(C)(C)C. The molecule has 4 N–H and O–H groups in total. The van der Waals surface area contributed by atoms with E-state index in [-0.39, 0.29) is 11.1 Å². The first kappa shape index (κ1) is 15.3. The Morgan fingerprint density at radius 2 is 2.05 bits per heavy atom. The number of halogens is 1. The number of aromatic carboxylic acids is 1. The van der Waals surface area contributed by atoms with Gasteiger partial charge in [-0.1, -0.05) is 27.7 Å². The lowest BCUT2D eigenvalue weighted by Gasteiger charge is -2.28. The molecule has 1 aromatic carbocycles. The second-order valence-electron chi connectivity index (χ2n) is 5.87. The minimum absolute atomic E-state index is 0.126. The molecule has 0 saturated carbocycles. The van der Waals surface area contributed by atoms with Crippen LogP contribution in [-0.4, -0.2) is 17.6 Å². The Balaban J connectivity index is 2.86. The maximum Gasteiger partial charge on any atom is 0.338 e. The molecule has 0 fully saturated rings. The summed E-state index contributed by atoms with van der Waals surface area (Å²) < 4.78 is 13.6. The van der Waals surface area contributed by atoms with Crippen LogP contribution in [0.2, 0.25) is 0 Å². The Hall–Kier alpha value is -1.78. The number of hydrogen-bond acceptors (Lipinski definition) is 3. The number of nitrogen functional groups attached to an aromatic ring is 1. The summed E-state index contributed by atoms with van der Waals surface area (Å²) in [6, 6.07) is 2.27. The summed E-state index contributed by atoms with van der Waals surface area (Å²) in [5, 5.41) is 11.9. The molecule has 0 spiro atoms. The van der Waals surface area contributed by atoms with E-state index in [9.17, 15) is 9.18 Å². The Bertz CT molecular complexity index is 481. The number of anilines is 2. The molecule has 0 aliphatic heterocycles. The van der Waals surface area contributed by atoms with Crippen LogP contribution in [-0.2, 0) is 0 Å². The van der Waals surface area contributed by atoms with Crippen molar-refractivity contribution in [3.8, 4) is 0 Å². The van der Waals surface area contributed by atoms with Crippen molar-refractivity contribution >= 4 is 17.3 Å². The van der Waals surface area contributed by atoms with E-state index < -0.39 is 17.3 Å². The highest BCUT2D eigenvalue weighted by Gasteiger charge is 2.20. The van der Waals surface area contributed by atoms with E-state index in [1.165, 1.54) is 0 Å². The van der Waals surface area contributed by atoms with Gasteiger partial charge in [0.15, 0.2) is 0 Å². The van der Waals surface area contributed by atoms with Crippen molar-refractivity contribution in [2.75, 3.05) is 17.6 Å². The standard InChI is InChI=1S/C14H21FN2O2/c1-8(14(2,3)4)7-17-12-6-10(15)9(13(18)19)5-11(12)16/h5-6,8,17H,7,16H2,1-4H3,(H,18,19). The fourth-order valence-electron chi connectivity index (χ4n) is 1.48. The molecule has 0 heterocycles. The third kappa shape index (κ3) is 3.84. The molecule has 0 aliphatic rings. The minimum Gasteiger partial charge on any atom is -0.478 e. The average Bonchev–Trinajstić information content (AvgIpc) is 2.27. The van der Waals surface area contributed by atoms with Crippen molar-refractivity contribution in [1.82, 2.24) is 0 Å². The van der Waals surface area contributed by atoms with Gasteiger partial charge in [0.05, 0.1) is 16.9 Å². The highest BCUT2D eigenvalue weighted by atomic mass is 19.1. The molecule has 4 nitrogen and oxygen atoms in total. The molecular weight excluding hydrogens is 247 g/mol. The van der Waals surface area contributed by atoms with Crippen LogP contribution in [0, 0.1) is 17.2 Å². The van der Waals surface area contributed by atoms with Gasteiger partial charge < -0.3 is 16.2 Å². The topological polar surface area (TPSA) is 75.3 Å². The molecule has 0 bridgehead atoms. The number of nitrogens with one attached hydrogen (secondary N) is 1. The van der Waals surface area contributed by atoms with Gasteiger partial charge in [0, 0.05) is 6.54 Å². The van der Waals surface area contributed by atoms with Crippen LogP contribution >= 0.6 is 0 Å². The van der Waals surface area contributed by atoms with Crippen LogP contribution in [0.15, 0.2) is 12.1 Å². The maximum atomic E-state index is 13.6. The van der Waals surface area contributed by atoms with Gasteiger partial charge in [0.25, 0.3) is 0 Å². The van der Waals surface area contributed by atoms with Crippen LogP contribution in [0.25, 0.3) is 0 Å². The van der Waals surface area contributed by atoms with E-state index in [0.29, 0.717) is 18.2 Å². The number of benzene rings is 1. The second kappa shape index (κ2) is 5.47. The van der Waals surface area contributed by atoms with Crippen molar-refractivity contribution in [1.29, 1.82) is 0 Å². The lowest BCUT2D eigenvalue weighted by molar-refractivity contribution is 0.0692. The zero-order valence-corrected chi connectivity index (χ0v) is 11.7. The number of carboxylic acids is 1. The van der Waals surface area contributed by atoms with E-state index in [4.69, 9.17) is 10.8 Å². The first-order valence-electron chi connectivity index (χ1n) is 6.19. The predicted molar refractivity (Wildman–Crippen MR) is 74.9 cm³/mol. The van der Waals surface area contributed by atoms with E-state index >= 15 is 0 Å². The van der Waals surface area contributed by atoms with E-state index in [0.717, 1.165) is 12.1 Å². The van der Waals surface area contributed by atoms with E-state index in [1.54, 1.807) is 0 Å². The molecule has 19 heavy (non-hydrogen) atoms. The molecule has 1 rings (SSSR count). The Labute approximate surface area is 112 Å². The first-order chi connectivity index (χ1) is 8.62. The van der Waals surface area contributed by atoms with Gasteiger partial charge in [0.1, 0.15) is 5.82 Å². The molecule has 0 aromatic heterocycles. The molecule has 1 unspecified atom stereocenters. The van der Waals surface area contributed by atoms with E-state index in [2.05, 4.69) is 33.0 Å². The van der Waals surface area contributed by atoms with Crippen molar-refractivity contribution in [3.05, 3.63) is 23.5 Å². The normalized spacial score (nSPS) is 13.1. The van der Waals surface area contributed by atoms with Gasteiger partial charge in [-0.3, -0.25) is 0 Å². The molecule has 1 atom stereocenters. The number of hydrogen-bond donors (Lipinski definition) is 3. The van der Waals surface area contributed by atoms with Gasteiger partial charge in [-0.25, -0.2) is 9.18 Å². The largest absolute Gasteiger partial charge is 0.478 e. The minimum atomic E-state index is -1.32. The highest BCUT2D eigenvalue weighted by molar-refractivity contribution is 5.90. The monoisotopic (exact) mass is 268 g/mol. The van der Waals surface area contributed by atoms with Crippen molar-refractivity contribution in [3.63, 3.8) is 0 Å². The third-order valence-corrected chi connectivity index (χ3v) is 3.45. The van der Waals surface area contributed by atoms with Crippen LogP contribution in [0.3, 0.4) is 0 Å². The first-order valence-corrected chi connectivity index (χ1v) is 6.19. The summed E-state index contributed by atoms with van der Waals surface area (Å²) in [5.41, 5.74) is 6.11. The summed E-state index contributed by atoms with van der Waals surface area (Å²) in [4.78, 5) is 10.8. The maximum absolute atomic E-state index is 13.6. The van der Waals surface area contributed by atoms with Crippen LogP contribution < -0.4 is 11.1 Å². The summed E-state index contributed by atoms with van der Waals surface area (Å²) >= 11 is 0. The molecule has 0 saturated heterocycles. The third-order valence-electron chi connectivity index (χ3n) is 3.45. The lowest BCUT2D eigenvalue weighted by Crippen LogP contribution is -2.25. The molecule has 0 amide bonds. The molecule has 1 aromatic rings. The van der Waals surface area contributed by atoms with Crippen molar-refractivity contribution in [2.45, 2.75) is 27.7 Å². The molecule has 5 heteroatoms. The van der Waals surface area contributed by atoms with Crippen molar-refractivity contribution in [2.24, 2.45) is 11.3 Å². The van der Waals surface area contributed by atoms with Crippen molar-refractivity contribution < 1.29 is 14.3 Å². The second-order valence-corrected chi connectivity index (χ2v) is 5.87. The van der Waals surface area contributed by atoms with Crippen LogP contribution in [0.1, 0.15) is 38.1 Å². The Morgan fingerprint density at radius 1 is 1.47 bits per heavy atom. The zero-order chi connectivity index (χ0) is 14.8. The predicted octanol–water partition coefficient (Wildman–Crippen LogP) is 3.20. The number of rotatable bonds is 4. The number of carbonyl (C=O) groups is 1. The average molecular weight is 268 g/mol.